The maximum atomic E-state index is 11.6. The van der Waals surface area contributed by atoms with Crippen LogP contribution >= 0.6 is 0 Å². The largest absolute Gasteiger partial charge is 0.341 e. The van der Waals surface area contributed by atoms with Crippen LogP contribution in [0.4, 0.5) is 0 Å². The van der Waals surface area contributed by atoms with Gasteiger partial charge < -0.3 is 10.6 Å². The van der Waals surface area contributed by atoms with Crippen LogP contribution in [0.2, 0.25) is 0 Å². The number of rotatable bonds is 3. The molecule has 0 aromatic carbocycles. The fraction of sp³-hybridized carbons (Fsp3) is 0.909. The second kappa shape index (κ2) is 5.35. The van der Waals surface area contributed by atoms with Crippen molar-refractivity contribution in [1.29, 1.82) is 0 Å². The highest BCUT2D eigenvalue weighted by atomic mass is 16.2. The van der Waals surface area contributed by atoms with Gasteiger partial charge in [0.25, 0.3) is 0 Å². The van der Waals surface area contributed by atoms with Crippen LogP contribution < -0.4 is 5.73 Å². The van der Waals surface area contributed by atoms with Gasteiger partial charge in [-0.05, 0) is 25.7 Å². The molecule has 1 aliphatic rings. The molecule has 0 saturated carbocycles. The fourth-order valence-corrected chi connectivity index (χ4v) is 2.14. The third-order valence-electron chi connectivity index (χ3n) is 3.01. The van der Waals surface area contributed by atoms with E-state index in [1.54, 1.807) is 6.92 Å². The molecule has 0 spiro atoms. The second-order valence-corrected chi connectivity index (χ2v) is 4.35. The first-order chi connectivity index (χ1) is 6.65. The summed E-state index contributed by atoms with van der Waals surface area (Å²) in [5, 5.41) is 0. The van der Waals surface area contributed by atoms with E-state index in [0.717, 1.165) is 31.8 Å². The summed E-state index contributed by atoms with van der Waals surface area (Å²) in [7, 11) is 0. The van der Waals surface area contributed by atoms with Gasteiger partial charge in [0.15, 0.2) is 0 Å². The Labute approximate surface area is 86.6 Å². The first-order valence-corrected chi connectivity index (χ1v) is 5.69. The van der Waals surface area contributed by atoms with Crippen LogP contribution in [-0.2, 0) is 4.79 Å². The smallest absolute Gasteiger partial charge is 0.239 e. The van der Waals surface area contributed by atoms with Crippen molar-refractivity contribution in [3.05, 3.63) is 0 Å². The highest BCUT2D eigenvalue weighted by Crippen LogP contribution is 2.21. The van der Waals surface area contributed by atoms with Crippen molar-refractivity contribution in [1.82, 2.24) is 4.90 Å². The highest BCUT2D eigenvalue weighted by Gasteiger charge is 2.23. The summed E-state index contributed by atoms with van der Waals surface area (Å²) in [4.78, 5) is 13.5. The number of likely N-dealkylation sites (tertiary alicyclic amines) is 1. The van der Waals surface area contributed by atoms with E-state index in [9.17, 15) is 4.79 Å². The zero-order valence-corrected chi connectivity index (χ0v) is 9.33. The summed E-state index contributed by atoms with van der Waals surface area (Å²) in [6.45, 7) is 5.80. The monoisotopic (exact) mass is 198 g/mol. The van der Waals surface area contributed by atoms with Crippen molar-refractivity contribution in [2.75, 3.05) is 13.1 Å². The van der Waals surface area contributed by atoms with Crippen LogP contribution in [0, 0.1) is 5.92 Å². The lowest BCUT2D eigenvalue weighted by Crippen LogP contribution is -2.45. The zero-order chi connectivity index (χ0) is 10.6. The first-order valence-electron chi connectivity index (χ1n) is 5.69. The molecule has 1 amide bonds. The van der Waals surface area contributed by atoms with Crippen molar-refractivity contribution in [3.8, 4) is 0 Å². The Hall–Kier alpha value is -0.570. The van der Waals surface area contributed by atoms with E-state index in [4.69, 9.17) is 5.73 Å². The third-order valence-corrected chi connectivity index (χ3v) is 3.01. The van der Waals surface area contributed by atoms with Crippen LogP contribution in [0.3, 0.4) is 0 Å². The fourth-order valence-electron chi connectivity index (χ4n) is 2.14. The van der Waals surface area contributed by atoms with E-state index < -0.39 is 0 Å². The molecule has 1 aliphatic heterocycles. The van der Waals surface area contributed by atoms with Gasteiger partial charge in [0.05, 0.1) is 6.04 Å². The molecule has 1 unspecified atom stereocenters. The Morgan fingerprint density at radius 1 is 1.50 bits per heavy atom. The number of hydrogen-bond acceptors (Lipinski definition) is 2. The molecule has 14 heavy (non-hydrogen) atoms. The van der Waals surface area contributed by atoms with Gasteiger partial charge in [0, 0.05) is 13.1 Å². The van der Waals surface area contributed by atoms with E-state index in [2.05, 4.69) is 6.92 Å². The minimum absolute atomic E-state index is 0.111. The number of nitrogens with two attached hydrogens (primary N) is 1. The van der Waals surface area contributed by atoms with Crippen LogP contribution in [0.15, 0.2) is 0 Å². The third kappa shape index (κ3) is 2.98. The zero-order valence-electron chi connectivity index (χ0n) is 9.33. The van der Waals surface area contributed by atoms with E-state index in [0.29, 0.717) is 0 Å². The van der Waals surface area contributed by atoms with Gasteiger partial charge in [-0.2, -0.15) is 0 Å². The standard InChI is InChI=1S/C11H22N2O/c1-3-4-10-5-7-13(8-6-10)11(14)9(2)12/h9-10H,3-8,12H2,1-2H3. The molecule has 0 bridgehead atoms. The molecule has 1 rings (SSSR count). The summed E-state index contributed by atoms with van der Waals surface area (Å²) in [5.41, 5.74) is 5.57. The van der Waals surface area contributed by atoms with Crippen molar-refractivity contribution in [3.63, 3.8) is 0 Å². The summed E-state index contributed by atoms with van der Waals surface area (Å²) in [6.07, 6.45) is 4.88. The molecule has 0 aromatic heterocycles. The van der Waals surface area contributed by atoms with Crippen LogP contribution in [0.1, 0.15) is 39.5 Å². The molecule has 0 aromatic rings. The molecule has 3 heteroatoms. The quantitative estimate of drug-likeness (QED) is 0.744. The van der Waals surface area contributed by atoms with Gasteiger partial charge in [-0.25, -0.2) is 0 Å². The van der Waals surface area contributed by atoms with Crippen LogP contribution in [0.25, 0.3) is 0 Å². The Morgan fingerprint density at radius 3 is 2.50 bits per heavy atom. The number of hydrogen-bond donors (Lipinski definition) is 1. The van der Waals surface area contributed by atoms with Crippen molar-refractivity contribution >= 4 is 5.91 Å². The van der Waals surface area contributed by atoms with E-state index in [1.165, 1.54) is 12.8 Å². The number of piperidine rings is 1. The Balaban J connectivity index is 2.32. The Morgan fingerprint density at radius 2 is 2.07 bits per heavy atom. The average molecular weight is 198 g/mol. The summed E-state index contributed by atoms with van der Waals surface area (Å²) < 4.78 is 0. The van der Waals surface area contributed by atoms with Gasteiger partial charge in [-0.1, -0.05) is 19.8 Å². The average Bonchev–Trinajstić information content (AvgIpc) is 2.18. The van der Waals surface area contributed by atoms with Crippen LogP contribution in [0.5, 0.6) is 0 Å². The highest BCUT2D eigenvalue weighted by molar-refractivity contribution is 5.81. The van der Waals surface area contributed by atoms with Gasteiger partial charge in [0.1, 0.15) is 0 Å². The number of nitrogens with zero attached hydrogens (tertiary/aromatic N) is 1. The maximum absolute atomic E-state index is 11.6. The molecule has 1 saturated heterocycles. The molecule has 1 fully saturated rings. The van der Waals surface area contributed by atoms with Crippen LogP contribution in [-0.4, -0.2) is 29.9 Å². The minimum atomic E-state index is -0.335. The lowest BCUT2D eigenvalue weighted by Gasteiger charge is -2.32. The number of amides is 1. The molecular formula is C11H22N2O. The van der Waals surface area contributed by atoms with Crippen molar-refractivity contribution in [2.45, 2.75) is 45.6 Å². The van der Waals surface area contributed by atoms with E-state index in [-0.39, 0.29) is 11.9 Å². The molecular weight excluding hydrogens is 176 g/mol. The SMILES string of the molecule is CCCC1CCN(C(=O)C(C)N)CC1. The molecule has 1 heterocycles. The van der Waals surface area contributed by atoms with Gasteiger partial charge in [0.2, 0.25) is 5.91 Å². The van der Waals surface area contributed by atoms with Gasteiger partial charge >= 0.3 is 0 Å². The summed E-state index contributed by atoms with van der Waals surface area (Å²) in [5.74, 6) is 0.942. The first kappa shape index (κ1) is 11.5. The maximum Gasteiger partial charge on any atom is 0.239 e. The van der Waals surface area contributed by atoms with Gasteiger partial charge in [-0.15, -0.1) is 0 Å². The summed E-state index contributed by atoms with van der Waals surface area (Å²) >= 11 is 0. The van der Waals surface area contributed by atoms with E-state index in [1.807, 2.05) is 4.90 Å². The minimum Gasteiger partial charge on any atom is -0.341 e. The normalized spacial score (nSPS) is 20.9. The second-order valence-electron chi connectivity index (χ2n) is 4.35. The lowest BCUT2D eigenvalue weighted by atomic mass is 9.92. The predicted octanol–water partition coefficient (Wildman–Crippen LogP) is 1.37. The Kier molecular flexibility index (Phi) is 4.39. The topological polar surface area (TPSA) is 46.3 Å². The van der Waals surface area contributed by atoms with Crippen molar-refractivity contribution in [2.24, 2.45) is 11.7 Å². The molecule has 82 valence electrons. The molecule has 0 aliphatic carbocycles. The molecule has 3 nitrogen and oxygen atoms in total. The predicted molar refractivity (Wildman–Crippen MR) is 57.9 cm³/mol. The molecule has 0 radical (unpaired) electrons. The lowest BCUT2D eigenvalue weighted by molar-refractivity contribution is -0.133. The van der Waals surface area contributed by atoms with Crippen molar-refractivity contribution < 1.29 is 4.79 Å². The number of carbonyl (C=O) groups is 1. The Bertz CT molecular complexity index is 184. The van der Waals surface area contributed by atoms with E-state index >= 15 is 0 Å². The number of carbonyl (C=O) groups excluding carboxylic acids is 1. The molecule has 1 atom stereocenters. The summed E-state index contributed by atoms with van der Waals surface area (Å²) in [6, 6.07) is -0.335. The van der Waals surface area contributed by atoms with Gasteiger partial charge in [-0.3, -0.25) is 4.79 Å². The molecule has 2 N–H and O–H groups in total.